The van der Waals surface area contributed by atoms with Gasteiger partial charge in [-0.15, -0.1) is 0 Å². The first-order valence-electron chi connectivity index (χ1n) is 9.49. The Kier molecular flexibility index (Phi) is 3.91. The average Bonchev–Trinajstić information content (AvgIpc) is 3.28. The Morgan fingerprint density at radius 1 is 1.25 bits per heavy atom. The topological polar surface area (TPSA) is 86.5 Å². The zero-order valence-corrected chi connectivity index (χ0v) is 15.6. The monoisotopic (exact) mass is 375 g/mol. The summed E-state index contributed by atoms with van der Waals surface area (Å²) in [4.78, 5) is 27.5. The summed E-state index contributed by atoms with van der Waals surface area (Å²) >= 11 is 0. The van der Waals surface area contributed by atoms with E-state index in [1.807, 2.05) is 6.07 Å². The van der Waals surface area contributed by atoms with Gasteiger partial charge < -0.3 is 10.1 Å². The van der Waals surface area contributed by atoms with Crippen LogP contribution in [-0.2, 0) is 6.54 Å². The Bertz CT molecular complexity index is 1240. The Morgan fingerprint density at radius 2 is 2.14 bits per heavy atom. The number of aromatic nitrogens is 4. The van der Waals surface area contributed by atoms with Crippen LogP contribution in [0.3, 0.4) is 0 Å². The van der Waals surface area contributed by atoms with Gasteiger partial charge in [-0.05, 0) is 56.1 Å². The van der Waals surface area contributed by atoms with E-state index in [9.17, 15) is 9.90 Å². The molecule has 1 aromatic carbocycles. The SMILES string of the molecule is Cc1ccc2nc([C@@H]3CCCN3Cc3cc(=O)n4cccc(O)c4n3)[nH]c2c1. The van der Waals surface area contributed by atoms with Crippen LogP contribution in [0.25, 0.3) is 16.7 Å². The first kappa shape index (κ1) is 16.9. The molecule has 7 nitrogen and oxygen atoms in total. The van der Waals surface area contributed by atoms with Crippen LogP contribution in [0.1, 0.15) is 36.0 Å². The van der Waals surface area contributed by atoms with Crippen LogP contribution in [0.15, 0.2) is 47.4 Å². The fourth-order valence-corrected chi connectivity index (χ4v) is 4.07. The second kappa shape index (κ2) is 6.45. The molecule has 0 amide bonds. The van der Waals surface area contributed by atoms with Crippen LogP contribution < -0.4 is 5.56 Å². The van der Waals surface area contributed by atoms with E-state index in [0.717, 1.165) is 36.2 Å². The molecule has 4 aromatic rings. The fraction of sp³-hybridized carbons (Fsp3) is 0.286. The molecule has 0 spiro atoms. The zero-order valence-electron chi connectivity index (χ0n) is 15.6. The number of hydrogen-bond acceptors (Lipinski definition) is 5. The number of aromatic amines is 1. The summed E-state index contributed by atoms with van der Waals surface area (Å²) in [6, 6.07) is 11.1. The van der Waals surface area contributed by atoms with E-state index in [1.54, 1.807) is 24.4 Å². The highest BCUT2D eigenvalue weighted by Gasteiger charge is 2.29. The average molecular weight is 375 g/mol. The van der Waals surface area contributed by atoms with Crippen LogP contribution in [0.5, 0.6) is 5.75 Å². The Labute approximate surface area is 161 Å². The summed E-state index contributed by atoms with van der Waals surface area (Å²) in [6.45, 7) is 3.53. The number of imidazole rings is 1. The molecule has 28 heavy (non-hydrogen) atoms. The quantitative estimate of drug-likeness (QED) is 0.575. The molecule has 0 bridgehead atoms. The minimum atomic E-state index is -0.189. The normalized spacial score (nSPS) is 17.7. The van der Waals surface area contributed by atoms with E-state index in [0.29, 0.717) is 17.9 Å². The van der Waals surface area contributed by atoms with E-state index < -0.39 is 0 Å². The predicted octanol–water partition coefficient (Wildman–Crippen LogP) is 2.92. The Morgan fingerprint density at radius 3 is 3.04 bits per heavy atom. The highest BCUT2D eigenvalue weighted by Crippen LogP contribution is 2.32. The smallest absolute Gasteiger partial charge is 0.258 e. The molecule has 1 aliphatic heterocycles. The van der Waals surface area contributed by atoms with Gasteiger partial charge in [-0.2, -0.15) is 0 Å². The molecular formula is C21H21N5O2. The Hall–Kier alpha value is -3.19. The number of aromatic hydroxyl groups is 1. The van der Waals surface area contributed by atoms with Gasteiger partial charge in [-0.25, -0.2) is 9.97 Å². The third kappa shape index (κ3) is 2.84. The van der Waals surface area contributed by atoms with Gasteiger partial charge in [0.1, 0.15) is 5.82 Å². The Balaban J connectivity index is 1.48. The van der Waals surface area contributed by atoms with Crippen molar-refractivity contribution < 1.29 is 5.11 Å². The summed E-state index contributed by atoms with van der Waals surface area (Å²) in [7, 11) is 0. The number of fused-ring (bicyclic) bond motifs is 2. The summed E-state index contributed by atoms with van der Waals surface area (Å²) in [5.41, 5.74) is 3.98. The zero-order chi connectivity index (χ0) is 19.3. The molecule has 3 aromatic heterocycles. The van der Waals surface area contributed by atoms with Gasteiger partial charge in [0.15, 0.2) is 11.4 Å². The number of aryl methyl sites for hydroxylation is 1. The van der Waals surface area contributed by atoms with Crippen LogP contribution in [-0.4, -0.2) is 35.9 Å². The summed E-state index contributed by atoms with van der Waals surface area (Å²) in [6.07, 6.45) is 3.69. The van der Waals surface area contributed by atoms with Gasteiger partial charge in [-0.3, -0.25) is 14.1 Å². The molecule has 0 radical (unpaired) electrons. The lowest BCUT2D eigenvalue weighted by atomic mass is 10.2. The van der Waals surface area contributed by atoms with E-state index in [-0.39, 0.29) is 17.4 Å². The van der Waals surface area contributed by atoms with Gasteiger partial charge in [0.05, 0.1) is 22.8 Å². The third-order valence-corrected chi connectivity index (χ3v) is 5.42. The molecule has 1 fully saturated rings. The van der Waals surface area contributed by atoms with Gasteiger partial charge in [0, 0.05) is 18.8 Å². The lowest BCUT2D eigenvalue weighted by Crippen LogP contribution is -2.26. The van der Waals surface area contributed by atoms with Crippen LogP contribution in [0.4, 0.5) is 0 Å². The van der Waals surface area contributed by atoms with E-state index in [2.05, 4.69) is 33.9 Å². The first-order chi connectivity index (χ1) is 13.6. The molecule has 1 aliphatic rings. The van der Waals surface area contributed by atoms with Crippen molar-refractivity contribution in [1.29, 1.82) is 0 Å². The molecular weight excluding hydrogens is 354 g/mol. The van der Waals surface area contributed by atoms with Crippen molar-refractivity contribution in [2.24, 2.45) is 0 Å². The van der Waals surface area contributed by atoms with Crippen molar-refractivity contribution in [1.82, 2.24) is 24.3 Å². The maximum Gasteiger partial charge on any atom is 0.258 e. The molecule has 142 valence electrons. The molecule has 1 atom stereocenters. The summed E-state index contributed by atoms with van der Waals surface area (Å²) < 4.78 is 1.36. The molecule has 1 saturated heterocycles. The minimum absolute atomic E-state index is 0.00655. The minimum Gasteiger partial charge on any atom is -0.504 e. The number of H-pyrrole nitrogens is 1. The molecule has 0 unspecified atom stereocenters. The van der Waals surface area contributed by atoms with E-state index in [1.165, 1.54) is 9.96 Å². The second-order valence-corrected chi connectivity index (χ2v) is 7.44. The van der Waals surface area contributed by atoms with Crippen LogP contribution >= 0.6 is 0 Å². The molecule has 2 N–H and O–H groups in total. The van der Waals surface area contributed by atoms with Crippen molar-refractivity contribution in [3.05, 3.63) is 70.0 Å². The highest BCUT2D eigenvalue weighted by atomic mass is 16.3. The molecule has 4 heterocycles. The van der Waals surface area contributed by atoms with Crippen molar-refractivity contribution in [3.63, 3.8) is 0 Å². The number of pyridine rings is 1. The van der Waals surface area contributed by atoms with Gasteiger partial charge >= 0.3 is 0 Å². The maximum absolute atomic E-state index is 12.4. The highest BCUT2D eigenvalue weighted by molar-refractivity contribution is 5.75. The first-order valence-corrected chi connectivity index (χ1v) is 9.49. The fourth-order valence-electron chi connectivity index (χ4n) is 4.07. The number of nitrogens with one attached hydrogen (secondary N) is 1. The van der Waals surface area contributed by atoms with Gasteiger partial charge in [0.2, 0.25) is 0 Å². The van der Waals surface area contributed by atoms with Gasteiger partial charge in [-0.1, -0.05) is 6.07 Å². The third-order valence-electron chi connectivity index (χ3n) is 5.42. The molecule has 0 aliphatic carbocycles. The van der Waals surface area contributed by atoms with E-state index >= 15 is 0 Å². The standard InChI is InChI=1S/C21H21N5O2/c1-13-6-7-15-16(10-13)24-20(23-15)17-4-2-8-25(17)12-14-11-19(28)26-9-3-5-18(27)21(26)22-14/h3,5-7,9-11,17,27H,2,4,8,12H2,1H3,(H,23,24)/t17-/m0/s1. The van der Waals surface area contributed by atoms with E-state index in [4.69, 9.17) is 4.98 Å². The number of nitrogens with zero attached hydrogens (tertiary/aromatic N) is 4. The second-order valence-electron chi connectivity index (χ2n) is 7.44. The molecule has 5 rings (SSSR count). The summed E-state index contributed by atoms with van der Waals surface area (Å²) in [5, 5.41) is 10.1. The maximum atomic E-state index is 12.4. The predicted molar refractivity (Wildman–Crippen MR) is 106 cm³/mol. The van der Waals surface area contributed by atoms with Gasteiger partial charge in [0.25, 0.3) is 5.56 Å². The summed E-state index contributed by atoms with van der Waals surface area (Å²) in [5.74, 6) is 0.963. The number of likely N-dealkylation sites (tertiary alicyclic amines) is 1. The molecule has 0 saturated carbocycles. The molecule has 7 heteroatoms. The largest absolute Gasteiger partial charge is 0.504 e. The van der Waals surface area contributed by atoms with Crippen molar-refractivity contribution in [2.75, 3.05) is 6.54 Å². The van der Waals surface area contributed by atoms with Crippen molar-refractivity contribution in [2.45, 2.75) is 32.4 Å². The van der Waals surface area contributed by atoms with Crippen LogP contribution in [0.2, 0.25) is 0 Å². The lowest BCUT2D eigenvalue weighted by Gasteiger charge is -2.22. The van der Waals surface area contributed by atoms with Crippen LogP contribution in [0, 0.1) is 6.92 Å². The number of rotatable bonds is 3. The number of benzene rings is 1. The lowest BCUT2D eigenvalue weighted by molar-refractivity contribution is 0.238. The number of hydrogen-bond donors (Lipinski definition) is 2. The van der Waals surface area contributed by atoms with Crippen molar-refractivity contribution in [3.8, 4) is 5.75 Å². The van der Waals surface area contributed by atoms with Crippen molar-refractivity contribution >= 4 is 16.7 Å².